The lowest BCUT2D eigenvalue weighted by Gasteiger charge is -2.24. The second-order valence-electron chi connectivity index (χ2n) is 12.1. The fourth-order valence-electron chi connectivity index (χ4n) is 4.52. The maximum atomic E-state index is 13.5. The number of ether oxygens (including phenoxy) is 1. The number of likely N-dealkylation sites (N-methyl/N-ethyl adjacent to an activating group) is 1. The molecule has 0 fully saturated rings. The number of quaternary nitrogens is 1. The first-order valence-electron chi connectivity index (χ1n) is 14.0. The van der Waals surface area contributed by atoms with Crippen LogP contribution >= 0.6 is 0 Å². The lowest BCUT2D eigenvalue weighted by molar-refractivity contribution is -0.386. The Morgan fingerprint density at radius 2 is 1.79 bits per heavy atom. The second kappa shape index (κ2) is 13.7. The maximum Gasteiger partial charge on any atom is 0.255 e. The standard InChI is InChI=1S/C31H45N7O4S/c1-20-9-10-21(15-28(20)38(33)19-25(32)22-11-12-24(34-18-22)13-14-37(5)6)30(39)35-26-16-23(31(2,3)4)17-27(29(26)42-7)36-43(8,40)41/h9-12,15-18,25,36H,13-14,19,32-33H2,1-8H3,(H,35,39)/p+1. The first-order valence-corrected chi connectivity index (χ1v) is 15.9. The molecule has 43 heavy (non-hydrogen) atoms. The topological polar surface area (TPSA) is 158 Å². The number of methoxy groups -OCH3 is 1. The zero-order valence-corrected chi connectivity index (χ0v) is 27.3. The van der Waals surface area contributed by atoms with Crippen molar-refractivity contribution in [2.24, 2.45) is 5.73 Å². The Hall–Kier alpha value is -3.71. The summed E-state index contributed by atoms with van der Waals surface area (Å²) >= 11 is 0. The number of aryl methyl sites for hydroxylation is 1. The molecule has 1 heterocycles. The van der Waals surface area contributed by atoms with Crippen LogP contribution < -0.4 is 31.4 Å². The number of hydrogen-bond acceptors (Lipinski definition) is 8. The van der Waals surface area contributed by atoms with Crippen molar-refractivity contribution in [2.45, 2.75) is 45.6 Å². The smallest absolute Gasteiger partial charge is 0.255 e. The van der Waals surface area contributed by atoms with Crippen molar-refractivity contribution in [1.82, 2.24) is 9.88 Å². The Bertz CT molecular complexity index is 1530. The molecule has 1 unspecified atom stereocenters. The molecule has 1 amide bonds. The third-order valence-electron chi connectivity index (χ3n) is 7.02. The largest absolute Gasteiger partial charge is 0.492 e. The van der Waals surface area contributed by atoms with E-state index in [0.29, 0.717) is 17.8 Å². The first kappa shape index (κ1) is 33.8. The molecule has 7 N–H and O–H groups in total. The van der Waals surface area contributed by atoms with Crippen LogP contribution in [-0.2, 0) is 21.9 Å². The van der Waals surface area contributed by atoms with Crippen LogP contribution in [0.15, 0.2) is 48.7 Å². The fourth-order valence-corrected chi connectivity index (χ4v) is 5.07. The average molecular weight is 613 g/mol. The number of rotatable bonds is 12. The number of aromatic nitrogens is 1. The Balaban J connectivity index is 1.84. The Morgan fingerprint density at radius 3 is 2.35 bits per heavy atom. The van der Waals surface area contributed by atoms with Crippen LogP contribution in [0.5, 0.6) is 5.75 Å². The summed E-state index contributed by atoms with van der Waals surface area (Å²) in [6, 6.07) is 12.5. The molecule has 3 aromatic rings. The van der Waals surface area contributed by atoms with Gasteiger partial charge in [-0.15, -0.1) is 0 Å². The van der Waals surface area contributed by atoms with E-state index in [2.05, 4.69) is 25.8 Å². The Labute approximate surface area is 255 Å². The van der Waals surface area contributed by atoms with Gasteiger partial charge in [-0.05, 0) is 73.5 Å². The van der Waals surface area contributed by atoms with Crippen LogP contribution in [0.4, 0.5) is 17.1 Å². The van der Waals surface area contributed by atoms with Gasteiger partial charge in [-0.3, -0.25) is 20.3 Å². The van der Waals surface area contributed by atoms with Gasteiger partial charge in [-0.1, -0.05) is 32.9 Å². The molecule has 12 heteroatoms. The van der Waals surface area contributed by atoms with Gasteiger partial charge in [0.15, 0.2) is 5.75 Å². The summed E-state index contributed by atoms with van der Waals surface area (Å²) in [6.07, 6.45) is 3.74. The van der Waals surface area contributed by atoms with E-state index >= 15 is 0 Å². The monoisotopic (exact) mass is 612 g/mol. The summed E-state index contributed by atoms with van der Waals surface area (Å²) in [5.74, 6) is 4.04. The summed E-state index contributed by atoms with van der Waals surface area (Å²) in [5.41, 5.74) is 11.6. The third kappa shape index (κ3) is 9.39. The van der Waals surface area contributed by atoms with E-state index < -0.39 is 10.0 Å². The van der Waals surface area contributed by atoms with Gasteiger partial charge in [0, 0.05) is 30.4 Å². The molecule has 0 saturated heterocycles. The van der Waals surface area contributed by atoms with Crippen LogP contribution in [0, 0.1) is 6.92 Å². The van der Waals surface area contributed by atoms with Gasteiger partial charge in [0.05, 0.1) is 43.0 Å². The van der Waals surface area contributed by atoms with E-state index in [1.54, 1.807) is 29.3 Å². The number of amides is 1. The summed E-state index contributed by atoms with van der Waals surface area (Å²) in [7, 11) is 1.89. The molecule has 0 radical (unpaired) electrons. The van der Waals surface area contributed by atoms with Crippen molar-refractivity contribution >= 4 is 33.0 Å². The number of carbonyl (C=O) groups is 1. The highest BCUT2D eigenvalue weighted by Crippen LogP contribution is 2.39. The molecule has 1 atom stereocenters. The quantitative estimate of drug-likeness (QED) is 0.227. The van der Waals surface area contributed by atoms with Gasteiger partial charge < -0.3 is 20.7 Å². The Kier molecular flexibility index (Phi) is 10.8. The van der Waals surface area contributed by atoms with Crippen LogP contribution in [0.1, 0.15) is 59.6 Å². The van der Waals surface area contributed by atoms with E-state index in [1.165, 1.54) is 7.11 Å². The SMILES string of the molecule is COc1c(NC(=O)c2ccc(C)c(N([NH3+])CC(N)c3ccc(CCN(C)C)nc3)c2)cc(C(C)(C)C)cc1NS(C)(=O)=O. The predicted octanol–water partition coefficient (Wildman–Crippen LogP) is 3.09. The predicted molar refractivity (Wildman–Crippen MR) is 173 cm³/mol. The molecule has 1 aromatic heterocycles. The van der Waals surface area contributed by atoms with E-state index in [-0.39, 0.29) is 28.8 Å². The molecule has 0 aliphatic rings. The first-order chi connectivity index (χ1) is 20.0. The minimum atomic E-state index is -3.60. The van der Waals surface area contributed by atoms with E-state index in [0.717, 1.165) is 47.3 Å². The summed E-state index contributed by atoms with van der Waals surface area (Å²) in [6.45, 7) is 9.27. The van der Waals surface area contributed by atoms with Gasteiger partial charge in [-0.25, -0.2) is 13.4 Å². The molecule has 0 bridgehead atoms. The van der Waals surface area contributed by atoms with Crippen molar-refractivity contribution in [2.75, 3.05) is 55.6 Å². The summed E-state index contributed by atoms with van der Waals surface area (Å²) < 4.78 is 32.2. The number of benzene rings is 2. The Morgan fingerprint density at radius 1 is 1.12 bits per heavy atom. The normalized spacial score (nSPS) is 12.6. The molecule has 0 saturated carbocycles. The molecular formula is C31H46N7O4S+. The summed E-state index contributed by atoms with van der Waals surface area (Å²) in [4.78, 5) is 20.2. The zero-order valence-electron chi connectivity index (χ0n) is 26.5. The van der Waals surface area contributed by atoms with Gasteiger partial charge >= 0.3 is 0 Å². The second-order valence-corrected chi connectivity index (χ2v) is 13.9. The number of hydrogen-bond donors (Lipinski definition) is 4. The van der Waals surface area contributed by atoms with Crippen molar-refractivity contribution < 1.29 is 23.8 Å². The molecule has 0 aliphatic carbocycles. The average Bonchev–Trinajstić information content (AvgIpc) is 2.90. The molecule has 234 valence electrons. The molecule has 0 aliphatic heterocycles. The van der Waals surface area contributed by atoms with Crippen LogP contribution in [0.3, 0.4) is 0 Å². The lowest BCUT2D eigenvalue weighted by atomic mass is 9.86. The molecule has 3 rings (SSSR count). The van der Waals surface area contributed by atoms with Crippen LogP contribution in [-0.4, -0.2) is 64.8 Å². The number of sulfonamides is 1. The van der Waals surface area contributed by atoms with Gasteiger partial charge in [0.25, 0.3) is 5.91 Å². The molecule has 0 spiro atoms. The molecular weight excluding hydrogens is 566 g/mol. The molecule has 2 aromatic carbocycles. The fraction of sp³-hybridized carbons (Fsp3) is 0.419. The van der Waals surface area contributed by atoms with Crippen LogP contribution in [0.25, 0.3) is 0 Å². The van der Waals surface area contributed by atoms with Crippen molar-refractivity contribution in [1.29, 1.82) is 0 Å². The van der Waals surface area contributed by atoms with Crippen molar-refractivity contribution in [3.63, 3.8) is 0 Å². The number of nitrogens with two attached hydrogens (primary N) is 1. The highest BCUT2D eigenvalue weighted by atomic mass is 32.2. The molecule has 11 nitrogen and oxygen atoms in total. The van der Waals surface area contributed by atoms with E-state index in [9.17, 15) is 13.2 Å². The third-order valence-corrected chi connectivity index (χ3v) is 7.61. The summed E-state index contributed by atoms with van der Waals surface area (Å²) in [5, 5.41) is 4.70. The van der Waals surface area contributed by atoms with Gasteiger partial charge in [-0.2, -0.15) is 0 Å². The van der Waals surface area contributed by atoms with E-state index in [4.69, 9.17) is 10.5 Å². The van der Waals surface area contributed by atoms with Crippen molar-refractivity contribution in [3.8, 4) is 5.75 Å². The zero-order chi connectivity index (χ0) is 32.1. The number of anilines is 3. The minimum Gasteiger partial charge on any atom is -0.492 e. The number of nitrogens with zero attached hydrogens (tertiary/aromatic N) is 3. The lowest BCUT2D eigenvalue weighted by Crippen LogP contribution is -2.69. The highest BCUT2D eigenvalue weighted by molar-refractivity contribution is 7.92. The van der Waals surface area contributed by atoms with Gasteiger partial charge in [0.2, 0.25) is 10.0 Å². The van der Waals surface area contributed by atoms with Gasteiger partial charge in [0.1, 0.15) is 0 Å². The maximum absolute atomic E-state index is 13.5. The number of nitrogens with one attached hydrogen (secondary N) is 2. The number of carbonyl (C=O) groups excluding carboxylic acids is 1. The van der Waals surface area contributed by atoms with Crippen molar-refractivity contribution in [3.05, 3.63) is 76.6 Å². The minimum absolute atomic E-state index is 0.213. The van der Waals surface area contributed by atoms with Crippen LogP contribution in [0.2, 0.25) is 0 Å². The van der Waals surface area contributed by atoms with E-state index in [1.807, 2.05) is 66.2 Å². The highest BCUT2D eigenvalue weighted by Gasteiger charge is 2.23. The number of pyridine rings is 1.